The summed E-state index contributed by atoms with van der Waals surface area (Å²) in [6.45, 7) is 10.9. The Bertz CT molecular complexity index is 445. The lowest BCUT2D eigenvalue weighted by Crippen LogP contribution is -2.48. The predicted molar refractivity (Wildman–Crippen MR) is 82.9 cm³/mol. The first-order valence-electron chi connectivity index (χ1n) is 7.27. The Labute approximate surface area is 122 Å². The maximum absolute atomic E-state index is 11.4. The summed E-state index contributed by atoms with van der Waals surface area (Å²) in [6.07, 6.45) is 1.47. The molecule has 112 valence electrons. The molecule has 0 aliphatic rings. The van der Waals surface area contributed by atoms with Crippen LogP contribution in [0, 0.1) is 0 Å². The van der Waals surface area contributed by atoms with Crippen molar-refractivity contribution in [2.45, 2.75) is 65.0 Å². The Morgan fingerprint density at radius 3 is 2.10 bits per heavy atom. The summed E-state index contributed by atoms with van der Waals surface area (Å²) >= 11 is 0. The summed E-state index contributed by atoms with van der Waals surface area (Å²) in [6, 6.07) is 8.38. The van der Waals surface area contributed by atoms with Gasteiger partial charge in [0.05, 0.1) is 0 Å². The van der Waals surface area contributed by atoms with E-state index < -0.39 is 11.5 Å². The number of aliphatic carboxylic acids is 1. The number of hydrogen-bond acceptors (Lipinski definition) is 2. The van der Waals surface area contributed by atoms with Crippen molar-refractivity contribution in [1.82, 2.24) is 5.32 Å². The first-order chi connectivity index (χ1) is 9.19. The second-order valence-electron chi connectivity index (χ2n) is 6.69. The molecule has 0 radical (unpaired) electrons. The van der Waals surface area contributed by atoms with Crippen molar-refractivity contribution in [1.29, 1.82) is 0 Å². The lowest BCUT2D eigenvalue weighted by Gasteiger charge is -2.26. The van der Waals surface area contributed by atoms with Crippen LogP contribution in [0.5, 0.6) is 0 Å². The Morgan fingerprint density at radius 1 is 1.15 bits per heavy atom. The topological polar surface area (TPSA) is 49.3 Å². The SMILES string of the molecule is CCCC(C)(NCc1ccc(C(C)(C)C)cc1)C(=O)O. The number of carbonyl (C=O) groups is 1. The Morgan fingerprint density at radius 2 is 1.70 bits per heavy atom. The third-order valence-corrected chi connectivity index (χ3v) is 3.72. The first kappa shape index (κ1) is 16.7. The fourth-order valence-electron chi connectivity index (χ4n) is 2.19. The Kier molecular flexibility index (Phi) is 5.35. The van der Waals surface area contributed by atoms with Crippen LogP contribution < -0.4 is 5.32 Å². The van der Waals surface area contributed by atoms with Gasteiger partial charge in [0.15, 0.2) is 0 Å². The highest BCUT2D eigenvalue weighted by Gasteiger charge is 2.31. The average molecular weight is 277 g/mol. The number of rotatable bonds is 6. The van der Waals surface area contributed by atoms with Gasteiger partial charge >= 0.3 is 5.97 Å². The molecule has 0 bridgehead atoms. The predicted octanol–water partition coefficient (Wildman–Crippen LogP) is 3.72. The van der Waals surface area contributed by atoms with E-state index in [9.17, 15) is 9.90 Å². The van der Waals surface area contributed by atoms with Crippen LogP contribution in [0.1, 0.15) is 58.6 Å². The number of carboxylic acid groups (broad SMARTS) is 1. The lowest BCUT2D eigenvalue weighted by molar-refractivity contribution is -0.144. The van der Waals surface area contributed by atoms with E-state index in [4.69, 9.17) is 0 Å². The fourth-order valence-corrected chi connectivity index (χ4v) is 2.19. The normalized spacial score (nSPS) is 14.8. The van der Waals surface area contributed by atoms with Gasteiger partial charge in [-0.3, -0.25) is 10.1 Å². The lowest BCUT2D eigenvalue weighted by atomic mass is 9.86. The number of carboxylic acids is 1. The van der Waals surface area contributed by atoms with E-state index in [1.807, 2.05) is 6.92 Å². The molecule has 20 heavy (non-hydrogen) atoms. The summed E-state index contributed by atoms with van der Waals surface area (Å²) in [4.78, 5) is 11.4. The van der Waals surface area contributed by atoms with E-state index >= 15 is 0 Å². The molecule has 1 aromatic rings. The van der Waals surface area contributed by atoms with Gasteiger partial charge in [0, 0.05) is 6.54 Å². The largest absolute Gasteiger partial charge is 0.480 e. The maximum Gasteiger partial charge on any atom is 0.323 e. The quantitative estimate of drug-likeness (QED) is 0.833. The highest BCUT2D eigenvalue weighted by molar-refractivity contribution is 5.78. The van der Waals surface area contributed by atoms with Crippen molar-refractivity contribution in [2.24, 2.45) is 0 Å². The minimum atomic E-state index is -0.850. The van der Waals surface area contributed by atoms with Gasteiger partial charge in [-0.2, -0.15) is 0 Å². The van der Waals surface area contributed by atoms with Crippen molar-refractivity contribution in [3.8, 4) is 0 Å². The molecule has 0 fully saturated rings. The van der Waals surface area contributed by atoms with Gasteiger partial charge in [0.25, 0.3) is 0 Å². The number of hydrogen-bond donors (Lipinski definition) is 2. The monoisotopic (exact) mass is 277 g/mol. The molecule has 0 saturated carbocycles. The van der Waals surface area contributed by atoms with Gasteiger partial charge in [0.1, 0.15) is 5.54 Å². The highest BCUT2D eigenvalue weighted by Crippen LogP contribution is 2.22. The molecule has 0 amide bonds. The van der Waals surface area contributed by atoms with Crippen molar-refractivity contribution in [2.75, 3.05) is 0 Å². The molecular weight excluding hydrogens is 250 g/mol. The Hall–Kier alpha value is -1.35. The van der Waals surface area contributed by atoms with E-state index in [-0.39, 0.29) is 5.41 Å². The molecule has 2 N–H and O–H groups in total. The summed E-state index contributed by atoms with van der Waals surface area (Å²) < 4.78 is 0. The molecule has 3 heteroatoms. The number of benzene rings is 1. The molecule has 0 aromatic heterocycles. The molecule has 3 nitrogen and oxygen atoms in total. The van der Waals surface area contributed by atoms with E-state index in [2.05, 4.69) is 50.4 Å². The summed E-state index contributed by atoms with van der Waals surface area (Å²) in [5.74, 6) is -0.786. The van der Waals surface area contributed by atoms with Crippen LogP contribution in [0.2, 0.25) is 0 Å². The van der Waals surface area contributed by atoms with Crippen molar-refractivity contribution in [3.63, 3.8) is 0 Å². The highest BCUT2D eigenvalue weighted by atomic mass is 16.4. The van der Waals surface area contributed by atoms with Gasteiger partial charge in [-0.15, -0.1) is 0 Å². The molecule has 1 rings (SSSR count). The van der Waals surface area contributed by atoms with Gasteiger partial charge in [-0.05, 0) is 29.9 Å². The molecule has 0 heterocycles. The van der Waals surface area contributed by atoms with Gasteiger partial charge in [-0.1, -0.05) is 58.4 Å². The molecule has 0 saturated heterocycles. The van der Waals surface area contributed by atoms with Crippen molar-refractivity contribution < 1.29 is 9.90 Å². The van der Waals surface area contributed by atoms with Crippen molar-refractivity contribution >= 4 is 5.97 Å². The molecule has 0 aliphatic carbocycles. The van der Waals surface area contributed by atoms with Crippen LogP contribution in [-0.4, -0.2) is 16.6 Å². The van der Waals surface area contributed by atoms with E-state index in [0.29, 0.717) is 13.0 Å². The second kappa shape index (κ2) is 6.40. The molecule has 0 spiro atoms. The summed E-state index contributed by atoms with van der Waals surface area (Å²) in [5, 5.41) is 12.5. The van der Waals surface area contributed by atoms with Gasteiger partial charge in [0.2, 0.25) is 0 Å². The van der Waals surface area contributed by atoms with Crippen molar-refractivity contribution in [3.05, 3.63) is 35.4 Å². The zero-order chi connectivity index (χ0) is 15.4. The van der Waals surface area contributed by atoms with E-state index in [0.717, 1.165) is 12.0 Å². The third-order valence-electron chi connectivity index (χ3n) is 3.72. The van der Waals surface area contributed by atoms with Gasteiger partial charge < -0.3 is 5.11 Å². The molecule has 1 aromatic carbocycles. The maximum atomic E-state index is 11.4. The third kappa shape index (κ3) is 4.34. The van der Waals surface area contributed by atoms with E-state index in [1.165, 1.54) is 5.56 Å². The van der Waals surface area contributed by atoms with Crippen LogP contribution >= 0.6 is 0 Å². The molecule has 1 unspecified atom stereocenters. The molecule has 0 aliphatic heterocycles. The summed E-state index contributed by atoms with van der Waals surface area (Å²) in [5.41, 5.74) is 1.69. The summed E-state index contributed by atoms with van der Waals surface area (Å²) in [7, 11) is 0. The smallest absolute Gasteiger partial charge is 0.323 e. The first-order valence-corrected chi connectivity index (χ1v) is 7.27. The van der Waals surface area contributed by atoms with Crippen LogP contribution in [0.4, 0.5) is 0 Å². The van der Waals surface area contributed by atoms with Crippen LogP contribution in [0.3, 0.4) is 0 Å². The zero-order valence-corrected chi connectivity index (χ0v) is 13.3. The molecular formula is C17H27NO2. The van der Waals surface area contributed by atoms with Crippen LogP contribution in [0.15, 0.2) is 24.3 Å². The van der Waals surface area contributed by atoms with Gasteiger partial charge in [-0.25, -0.2) is 0 Å². The number of nitrogens with one attached hydrogen (secondary N) is 1. The van der Waals surface area contributed by atoms with Crippen LogP contribution in [-0.2, 0) is 16.8 Å². The standard InChI is InChI=1S/C17H27NO2/c1-6-11-17(5,15(19)20)18-12-13-7-9-14(10-8-13)16(2,3)4/h7-10,18H,6,11-12H2,1-5H3,(H,19,20). The Balaban J connectivity index is 2.72. The molecule has 1 atom stereocenters. The van der Waals surface area contributed by atoms with E-state index in [1.54, 1.807) is 6.92 Å². The zero-order valence-electron chi connectivity index (χ0n) is 13.3. The second-order valence-corrected chi connectivity index (χ2v) is 6.69. The minimum absolute atomic E-state index is 0.143. The van der Waals surface area contributed by atoms with Crippen LogP contribution in [0.25, 0.3) is 0 Å². The minimum Gasteiger partial charge on any atom is -0.480 e. The fraction of sp³-hybridized carbons (Fsp3) is 0.588. The average Bonchev–Trinajstić information content (AvgIpc) is 2.36.